The lowest BCUT2D eigenvalue weighted by Gasteiger charge is -2.33. The minimum atomic E-state index is -2.24. The average Bonchev–Trinajstić information content (AvgIpc) is 2.79. The van der Waals surface area contributed by atoms with Crippen molar-refractivity contribution in [1.82, 2.24) is 0 Å². The highest BCUT2D eigenvalue weighted by Gasteiger charge is 2.35. The summed E-state index contributed by atoms with van der Waals surface area (Å²) in [5.74, 6) is 0. The van der Waals surface area contributed by atoms with Crippen molar-refractivity contribution in [2.75, 3.05) is 11.5 Å². The van der Waals surface area contributed by atoms with Gasteiger partial charge in [-0.1, -0.05) is 69.7 Å². The van der Waals surface area contributed by atoms with Gasteiger partial charge in [0.15, 0.2) is 0 Å². The predicted octanol–water partition coefficient (Wildman–Crippen LogP) is 0.466. The first-order valence-corrected chi connectivity index (χ1v) is 18.8. The first-order chi connectivity index (χ1) is 15.5. The van der Waals surface area contributed by atoms with Crippen LogP contribution >= 0.6 is 0 Å². The van der Waals surface area contributed by atoms with E-state index in [1.54, 1.807) is 0 Å². The fourth-order valence-corrected chi connectivity index (χ4v) is 15.5. The Morgan fingerprint density at radius 2 is 1.47 bits per heavy atom. The highest BCUT2D eigenvalue weighted by Crippen LogP contribution is 2.20. The first-order valence-electron chi connectivity index (χ1n) is 11.6. The average molecular weight is 525 g/mol. The third-order valence-corrected chi connectivity index (χ3v) is 16.4. The van der Waals surface area contributed by atoms with E-state index in [1.807, 2.05) is 36.4 Å². The Morgan fingerprint density at radius 3 is 2.09 bits per heavy atom. The van der Waals surface area contributed by atoms with Gasteiger partial charge in [-0.15, -0.1) is 0 Å². The molecule has 0 aliphatic rings. The molecule has 2 aromatic rings. The highest BCUT2D eigenvalue weighted by atomic mass is 28.4. The Hall–Kier alpha value is -1.04. The van der Waals surface area contributed by atoms with E-state index in [1.165, 1.54) is 43.7 Å². The number of unbranched alkanes of at least 4 members (excludes halogenated alkanes) is 5. The van der Waals surface area contributed by atoms with E-state index in [4.69, 9.17) is 27.9 Å². The van der Waals surface area contributed by atoms with Crippen LogP contribution in [0.25, 0.3) is 0 Å². The number of hydrogen-bond acceptors (Lipinski definition) is 6. The van der Waals surface area contributed by atoms with Crippen LogP contribution in [0.5, 0.6) is 0 Å². The number of nitrogens with two attached hydrogens (primary N) is 2. The van der Waals surface area contributed by atoms with Gasteiger partial charge in [0.2, 0.25) is 8.32 Å². The summed E-state index contributed by atoms with van der Waals surface area (Å²) in [6.45, 7) is 4.58. The van der Waals surface area contributed by atoms with Gasteiger partial charge in [0.05, 0.1) is 0 Å². The molecule has 0 aliphatic carbocycles. The molecule has 2 rings (SSSR count). The molecule has 0 fully saturated rings. The van der Waals surface area contributed by atoms with Crippen LogP contribution in [0.2, 0.25) is 12.6 Å². The molecular formula is C21H40N2O4Si5. The Bertz CT molecular complexity index is 770. The van der Waals surface area contributed by atoms with Crippen molar-refractivity contribution in [3.05, 3.63) is 48.5 Å². The van der Waals surface area contributed by atoms with Gasteiger partial charge in [-0.3, -0.25) is 0 Å². The van der Waals surface area contributed by atoms with Crippen LogP contribution in [0.15, 0.2) is 48.5 Å². The van der Waals surface area contributed by atoms with Crippen molar-refractivity contribution < 1.29 is 16.5 Å². The van der Waals surface area contributed by atoms with Gasteiger partial charge in [0.25, 0.3) is 20.0 Å². The van der Waals surface area contributed by atoms with E-state index < -0.39 is 37.6 Å². The smallest absolute Gasteiger partial charge is 0.336 e. The summed E-state index contributed by atoms with van der Waals surface area (Å²) in [5, 5.41) is 2.39. The maximum Gasteiger partial charge on any atom is 0.336 e. The molecule has 0 bridgehead atoms. The lowest BCUT2D eigenvalue weighted by atomic mass is 10.1. The Labute approximate surface area is 204 Å². The molecular weight excluding hydrogens is 485 g/mol. The number of benzene rings is 2. The zero-order valence-corrected chi connectivity index (χ0v) is 26.8. The lowest BCUT2D eigenvalue weighted by Crippen LogP contribution is -2.55. The molecule has 11 heteroatoms. The highest BCUT2D eigenvalue weighted by molar-refractivity contribution is 6.91. The minimum absolute atomic E-state index is 0.720. The maximum atomic E-state index is 7.01. The van der Waals surface area contributed by atoms with E-state index in [-0.39, 0.29) is 0 Å². The molecule has 2 unspecified atom stereocenters. The summed E-state index contributed by atoms with van der Waals surface area (Å²) in [5.41, 5.74) is 13.4. The first kappa shape index (κ1) is 27.2. The number of nitrogen functional groups attached to an aromatic ring is 2. The lowest BCUT2D eigenvalue weighted by molar-refractivity contribution is 0.388. The van der Waals surface area contributed by atoms with Crippen molar-refractivity contribution in [3.8, 4) is 0 Å². The molecule has 0 amide bonds. The Balaban J connectivity index is 2.18. The van der Waals surface area contributed by atoms with Crippen LogP contribution in [-0.4, -0.2) is 48.1 Å². The van der Waals surface area contributed by atoms with Gasteiger partial charge in [-0.2, -0.15) is 0 Å². The molecule has 0 heterocycles. The SMILES string of the molecule is CCCCCCCC[Si](C)(O[SiH](O[SiH2]O[SiH2]O[SiH3])c1ccc(N)cc1)c1ccc(N)cc1. The van der Waals surface area contributed by atoms with Crippen molar-refractivity contribution in [3.63, 3.8) is 0 Å². The molecule has 0 aromatic heterocycles. The van der Waals surface area contributed by atoms with Crippen LogP contribution in [0.4, 0.5) is 11.4 Å². The van der Waals surface area contributed by atoms with Crippen LogP contribution < -0.4 is 21.8 Å². The normalized spacial score (nSPS) is 15.1. The largest absolute Gasteiger partial charge is 0.449 e. The molecule has 0 saturated carbocycles. The summed E-state index contributed by atoms with van der Waals surface area (Å²) >= 11 is 0. The molecule has 0 aliphatic heterocycles. The van der Waals surface area contributed by atoms with Crippen LogP contribution in [0.3, 0.4) is 0 Å². The van der Waals surface area contributed by atoms with Crippen molar-refractivity contribution in [1.29, 1.82) is 0 Å². The third kappa shape index (κ3) is 9.45. The maximum absolute atomic E-state index is 7.01. The summed E-state index contributed by atoms with van der Waals surface area (Å²) < 4.78 is 24.4. The third-order valence-electron chi connectivity index (χ3n) is 5.61. The van der Waals surface area contributed by atoms with Gasteiger partial charge in [-0.05, 0) is 47.2 Å². The van der Waals surface area contributed by atoms with Crippen molar-refractivity contribution >= 4 is 69.8 Å². The van der Waals surface area contributed by atoms with E-state index in [0.717, 1.165) is 33.1 Å². The molecule has 0 saturated heterocycles. The quantitative estimate of drug-likeness (QED) is 0.188. The Morgan fingerprint density at radius 1 is 0.875 bits per heavy atom. The molecule has 6 nitrogen and oxygen atoms in total. The molecule has 4 N–H and O–H groups in total. The summed E-state index contributed by atoms with van der Waals surface area (Å²) in [6, 6.07) is 17.3. The van der Waals surface area contributed by atoms with Gasteiger partial charge in [0.1, 0.15) is 10.5 Å². The van der Waals surface area contributed by atoms with Crippen LogP contribution in [0.1, 0.15) is 45.4 Å². The standard InChI is InChI=1S/C21H40N2O4Si5/c1-3-4-5-6-7-8-17-32(2,21-15-11-19(23)12-16-21)27-31(26-30-25-29-24-28)20-13-9-18(22)10-14-20/h9-16,31H,3-8,17,22-23,29-30H2,1-2,28H3. The summed E-state index contributed by atoms with van der Waals surface area (Å²) in [6.07, 6.45) is 7.62. The van der Waals surface area contributed by atoms with Gasteiger partial charge >= 0.3 is 9.28 Å². The van der Waals surface area contributed by atoms with E-state index in [2.05, 4.69) is 25.6 Å². The second kappa shape index (κ2) is 15.0. The Kier molecular flexibility index (Phi) is 12.7. The second-order valence-electron chi connectivity index (χ2n) is 8.38. The van der Waals surface area contributed by atoms with E-state index >= 15 is 0 Å². The van der Waals surface area contributed by atoms with Gasteiger partial charge < -0.3 is 27.9 Å². The van der Waals surface area contributed by atoms with Crippen LogP contribution in [0, 0.1) is 0 Å². The predicted molar refractivity (Wildman–Crippen MR) is 149 cm³/mol. The molecule has 0 radical (unpaired) electrons. The van der Waals surface area contributed by atoms with Gasteiger partial charge in [0, 0.05) is 11.4 Å². The molecule has 2 aromatic carbocycles. The molecule has 0 spiro atoms. The summed E-state index contributed by atoms with van der Waals surface area (Å²) in [7, 11) is -5.67. The van der Waals surface area contributed by atoms with Crippen LogP contribution in [-0.2, 0) is 16.5 Å². The zero-order valence-electron chi connectivity index (χ0n) is 19.8. The number of anilines is 2. The fourth-order valence-electron chi connectivity index (χ4n) is 3.66. The molecule has 32 heavy (non-hydrogen) atoms. The second-order valence-corrected chi connectivity index (χ2v) is 19.9. The molecule has 178 valence electrons. The monoisotopic (exact) mass is 524 g/mol. The van der Waals surface area contributed by atoms with E-state index in [9.17, 15) is 0 Å². The topological polar surface area (TPSA) is 89.0 Å². The zero-order chi connectivity index (χ0) is 23.2. The molecule has 2 atom stereocenters. The minimum Gasteiger partial charge on any atom is -0.449 e. The fraction of sp³-hybridized carbons (Fsp3) is 0.429. The van der Waals surface area contributed by atoms with Gasteiger partial charge in [-0.25, -0.2) is 0 Å². The van der Waals surface area contributed by atoms with E-state index in [0.29, 0.717) is 0 Å². The van der Waals surface area contributed by atoms with Crippen molar-refractivity contribution in [2.24, 2.45) is 0 Å². The van der Waals surface area contributed by atoms with Crippen molar-refractivity contribution in [2.45, 2.75) is 58.0 Å². The number of rotatable bonds is 16. The number of hydrogen-bond donors (Lipinski definition) is 2. The summed E-state index contributed by atoms with van der Waals surface area (Å²) in [4.78, 5) is 0.